The average molecular weight is 140 g/mol. The molecule has 10 heavy (non-hydrogen) atoms. The van der Waals surface area contributed by atoms with Gasteiger partial charge >= 0.3 is 5.97 Å². The van der Waals surface area contributed by atoms with E-state index in [0.29, 0.717) is 6.42 Å². The van der Waals surface area contributed by atoms with E-state index in [4.69, 9.17) is 5.11 Å². The Morgan fingerprint density at radius 2 is 2.10 bits per heavy atom. The van der Waals surface area contributed by atoms with Gasteiger partial charge in [-0.25, -0.2) is 4.79 Å². The molecule has 0 aliphatic rings. The van der Waals surface area contributed by atoms with Crippen LogP contribution in [0.4, 0.5) is 0 Å². The normalized spacial score (nSPS) is 9.80. The van der Waals surface area contributed by atoms with Gasteiger partial charge in [-0.1, -0.05) is 17.7 Å². The maximum absolute atomic E-state index is 9.94. The SMILES string of the molecule is CC(C)=CC/C=C/C(=O)O. The molecule has 0 heterocycles. The van der Waals surface area contributed by atoms with Crippen LogP contribution >= 0.6 is 0 Å². The molecule has 1 N–H and O–H groups in total. The minimum absolute atomic E-state index is 0.703. The Balaban J connectivity index is 3.55. The number of allylic oxidation sites excluding steroid dienone is 3. The molecular formula is C8H12O2. The molecule has 0 amide bonds. The predicted octanol–water partition coefficient (Wildman–Crippen LogP) is 1.98. The number of carbonyl (C=O) groups is 1. The van der Waals surface area contributed by atoms with Crippen molar-refractivity contribution in [3.8, 4) is 0 Å². The first-order chi connectivity index (χ1) is 4.63. The van der Waals surface area contributed by atoms with Crippen LogP contribution in [0.25, 0.3) is 0 Å². The fourth-order valence-corrected chi connectivity index (χ4v) is 0.473. The fourth-order valence-electron chi connectivity index (χ4n) is 0.473. The third-order valence-corrected chi connectivity index (χ3v) is 0.923. The van der Waals surface area contributed by atoms with Crippen molar-refractivity contribution in [2.45, 2.75) is 20.3 Å². The fraction of sp³-hybridized carbons (Fsp3) is 0.375. The molecule has 0 spiro atoms. The monoisotopic (exact) mass is 140 g/mol. The molecule has 0 aliphatic carbocycles. The highest BCUT2D eigenvalue weighted by molar-refractivity contribution is 5.79. The molecule has 56 valence electrons. The van der Waals surface area contributed by atoms with Gasteiger partial charge in [0, 0.05) is 6.08 Å². The van der Waals surface area contributed by atoms with E-state index in [9.17, 15) is 4.79 Å². The summed E-state index contributed by atoms with van der Waals surface area (Å²) in [5.41, 5.74) is 1.20. The summed E-state index contributed by atoms with van der Waals surface area (Å²) in [6.07, 6.45) is 5.45. The van der Waals surface area contributed by atoms with Gasteiger partial charge in [0.1, 0.15) is 0 Å². The van der Waals surface area contributed by atoms with Crippen LogP contribution in [-0.4, -0.2) is 11.1 Å². The van der Waals surface area contributed by atoms with Gasteiger partial charge in [-0.2, -0.15) is 0 Å². The van der Waals surface area contributed by atoms with Crippen LogP contribution in [0.2, 0.25) is 0 Å². The molecule has 0 fully saturated rings. The highest BCUT2D eigenvalue weighted by Gasteiger charge is 1.81. The zero-order valence-electron chi connectivity index (χ0n) is 6.29. The summed E-state index contributed by atoms with van der Waals surface area (Å²) in [5, 5.41) is 8.17. The van der Waals surface area contributed by atoms with E-state index in [1.807, 2.05) is 19.9 Å². The molecule has 0 aromatic heterocycles. The Labute approximate surface area is 60.9 Å². The molecule has 0 radical (unpaired) electrons. The summed E-state index contributed by atoms with van der Waals surface area (Å²) in [6, 6.07) is 0. The average Bonchev–Trinajstić information content (AvgIpc) is 1.79. The Kier molecular flexibility index (Phi) is 4.29. The van der Waals surface area contributed by atoms with Crippen LogP contribution in [0.3, 0.4) is 0 Å². The molecule has 0 unspecified atom stereocenters. The number of hydrogen-bond donors (Lipinski definition) is 1. The van der Waals surface area contributed by atoms with E-state index in [1.165, 1.54) is 5.57 Å². The van der Waals surface area contributed by atoms with Crippen LogP contribution < -0.4 is 0 Å². The van der Waals surface area contributed by atoms with Crippen molar-refractivity contribution < 1.29 is 9.90 Å². The Bertz CT molecular complexity index is 162. The zero-order valence-corrected chi connectivity index (χ0v) is 6.29. The van der Waals surface area contributed by atoms with Crippen molar-refractivity contribution >= 4 is 5.97 Å². The summed E-state index contributed by atoms with van der Waals surface area (Å²) in [7, 11) is 0. The van der Waals surface area contributed by atoms with Crippen LogP contribution in [0, 0.1) is 0 Å². The van der Waals surface area contributed by atoms with Gasteiger partial charge in [-0.05, 0) is 20.3 Å². The van der Waals surface area contributed by atoms with Gasteiger partial charge in [-0.15, -0.1) is 0 Å². The maximum Gasteiger partial charge on any atom is 0.327 e. The summed E-state index contributed by atoms with van der Waals surface area (Å²) in [4.78, 5) is 9.94. The van der Waals surface area contributed by atoms with Crippen molar-refractivity contribution in [3.63, 3.8) is 0 Å². The maximum atomic E-state index is 9.94. The van der Waals surface area contributed by atoms with E-state index < -0.39 is 5.97 Å². The van der Waals surface area contributed by atoms with E-state index in [-0.39, 0.29) is 0 Å². The van der Waals surface area contributed by atoms with E-state index in [1.54, 1.807) is 6.08 Å². The molecule has 0 rings (SSSR count). The molecule has 2 nitrogen and oxygen atoms in total. The minimum atomic E-state index is -0.887. The first-order valence-electron chi connectivity index (χ1n) is 3.15. The third kappa shape index (κ3) is 6.95. The lowest BCUT2D eigenvalue weighted by Crippen LogP contribution is -1.84. The smallest absolute Gasteiger partial charge is 0.327 e. The van der Waals surface area contributed by atoms with Crippen molar-refractivity contribution in [2.75, 3.05) is 0 Å². The van der Waals surface area contributed by atoms with Gasteiger partial charge in [0.05, 0.1) is 0 Å². The van der Waals surface area contributed by atoms with Crippen LogP contribution in [0.15, 0.2) is 23.8 Å². The number of aliphatic carboxylic acids is 1. The second-order valence-electron chi connectivity index (χ2n) is 2.26. The molecule has 0 aromatic rings. The topological polar surface area (TPSA) is 37.3 Å². The summed E-state index contributed by atoms with van der Waals surface area (Å²) in [6.45, 7) is 3.96. The summed E-state index contributed by atoms with van der Waals surface area (Å²) >= 11 is 0. The zero-order chi connectivity index (χ0) is 7.98. The first-order valence-corrected chi connectivity index (χ1v) is 3.15. The van der Waals surface area contributed by atoms with Gasteiger partial charge in [0.25, 0.3) is 0 Å². The van der Waals surface area contributed by atoms with Crippen LogP contribution in [-0.2, 0) is 4.79 Å². The molecule has 0 saturated carbocycles. The molecule has 0 bridgehead atoms. The van der Waals surface area contributed by atoms with Crippen LogP contribution in [0.5, 0.6) is 0 Å². The molecule has 2 heteroatoms. The predicted molar refractivity (Wildman–Crippen MR) is 40.8 cm³/mol. The molecule has 0 saturated heterocycles. The van der Waals surface area contributed by atoms with Crippen molar-refractivity contribution in [3.05, 3.63) is 23.8 Å². The third-order valence-electron chi connectivity index (χ3n) is 0.923. The highest BCUT2D eigenvalue weighted by atomic mass is 16.4. The summed E-state index contributed by atoms with van der Waals surface area (Å²) in [5.74, 6) is -0.887. The largest absolute Gasteiger partial charge is 0.478 e. The van der Waals surface area contributed by atoms with Crippen molar-refractivity contribution in [2.24, 2.45) is 0 Å². The lowest BCUT2D eigenvalue weighted by Gasteiger charge is -1.84. The highest BCUT2D eigenvalue weighted by Crippen LogP contribution is 1.93. The molecular weight excluding hydrogens is 128 g/mol. The minimum Gasteiger partial charge on any atom is -0.478 e. The lowest BCUT2D eigenvalue weighted by molar-refractivity contribution is -0.131. The number of carboxylic acid groups (broad SMARTS) is 1. The van der Waals surface area contributed by atoms with Gasteiger partial charge in [0.2, 0.25) is 0 Å². The van der Waals surface area contributed by atoms with E-state index in [0.717, 1.165) is 6.08 Å². The number of hydrogen-bond acceptors (Lipinski definition) is 1. The second kappa shape index (κ2) is 4.79. The summed E-state index contributed by atoms with van der Waals surface area (Å²) < 4.78 is 0. The quantitative estimate of drug-likeness (QED) is 0.480. The van der Waals surface area contributed by atoms with Gasteiger partial charge < -0.3 is 5.11 Å². The Morgan fingerprint density at radius 1 is 1.50 bits per heavy atom. The van der Waals surface area contributed by atoms with Crippen molar-refractivity contribution in [1.82, 2.24) is 0 Å². The lowest BCUT2D eigenvalue weighted by atomic mass is 10.2. The first kappa shape index (κ1) is 8.95. The van der Waals surface area contributed by atoms with Gasteiger partial charge in [0.15, 0.2) is 0 Å². The number of rotatable bonds is 3. The Hall–Kier alpha value is -1.05. The van der Waals surface area contributed by atoms with Gasteiger partial charge in [-0.3, -0.25) is 0 Å². The van der Waals surface area contributed by atoms with E-state index >= 15 is 0 Å². The van der Waals surface area contributed by atoms with E-state index in [2.05, 4.69) is 0 Å². The van der Waals surface area contributed by atoms with Crippen LogP contribution in [0.1, 0.15) is 20.3 Å². The molecule has 0 aliphatic heterocycles. The second-order valence-corrected chi connectivity index (χ2v) is 2.26. The number of carboxylic acids is 1. The van der Waals surface area contributed by atoms with Crippen molar-refractivity contribution in [1.29, 1.82) is 0 Å². The Morgan fingerprint density at radius 3 is 2.50 bits per heavy atom. The molecule has 0 atom stereocenters. The standard InChI is InChI=1S/C8H12O2/c1-7(2)5-3-4-6-8(9)10/h4-6H,3H2,1-2H3,(H,9,10)/b6-4+. The molecule has 0 aromatic carbocycles.